The molecule has 1 atom stereocenters. The third-order valence-corrected chi connectivity index (χ3v) is 6.18. The number of carboxylic acid groups (broad SMARTS) is 1. The second-order valence-corrected chi connectivity index (χ2v) is 9.13. The fourth-order valence-electron chi connectivity index (χ4n) is 4.04. The summed E-state index contributed by atoms with van der Waals surface area (Å²) < 4.78 is 49.1. The average molecular weight is 490 g/mol. The third kappa shape index (κ3) is 4.52. The van der Waals surface area contributed by atoms with Crippen molar-refractivity contribution in [3.8, 4) is 23.0 Å². The van der Waals surface area contributed by atoms with Crippen molar-refractivity contribution in [2.45, 2.75) is 13.0 Å². The molecule has 0 bridgehead atoms. The molecule has 0 aromatic heterocycles. The van der Waals surface area contributed by atoms with Crippen LogP contribution in [-0.2, 0) is 14.9 Å². The fraction of sp³-hybridized carbons (Fsp3) is 0.261. The van der Waals surface area contributed by atoms with Crippen LogP contribution in [0.1, 0.15) is 35.2 Å². The number of rotatable bonds is 4. The van der Waals surface area contributed by atoms with Crippen molar-refractivity contribution in [2.24, 2.45) is 0 Å². The van der Waals surface area contributed by atoms with E-state index in [4.69, 9.17) is 28.6 Å². The van der Waals surface area contributed by atoms with Gasteiger partial charge < -0.3 is 29.0 Å². The molecule has 0 saturated carbocycles. The minimum Gasteiger partial charge on any atom is -0.493 e. The molecule has 2 aromatic rings. The minimum absolute atomic E-state index is 0.192. The van der Waals surface area contributed by atoms with E-state index < -0.39 is 21.8 Å². The average Bonchev–Trinajstić information content (AvgIpc) is 3.23. The first-order valence-electron chi connectivity index (χ1n) is 10.2. The quantitative estimate of drug-likeness (QED) is 0.617. The van der Waals surface area contributed by atoms with Gasteiger partial charge in [-0.05, 0) is 60.0 Å². The van der Waals surface area contributed by atoms with Crippen LogP contribution in [0.25, 0.3) is 17.8 Å². The maximum absolute atomic E-state index is 9.62. The molecule has 180 valence electrons. The summed E-state index contributed by atoms with van der Waals surface area (Å²) in [6.07, 6.45) is 6.44. The van der Waals surface area contributed by atoms with Gasteiger partial charge in [-0.1, -0.05) is 0 Å². The highest BCUT2D eigenvalue weighted by atomic mass is 32.2. The Morgan fingerprint density at radius 3 is 2.32 bits per heavy atom. The predicted octanol–water partition coefficient (Wildman–Crippen LogP) is 3.25. The molecule has 3 aliphatic rings. The van der Waals surface area contributed by atoms with Gasteiger partial charge in [0.15, 0.2) is 28.8 Å². The van der Waals surface area contributed by atoms with Crippen LogP contribution in [-0.4, -0.2) is 55.7 Å². The van der Waals surface area contributed by atoms with E-state index in [2.05, 4.69) is 42.3 Å². The molecule has 2 aromatic carbocycles. The van der Waals surface area contributed by atoms with Crippen LogP contribution < -0.4 is 18.9 Å². The molecule has 3 heterocycles. The molecule has 0 saturated heterocycles. The van der Waals surface area contributed by atoms with Crippen molar-refractivity contribution in [3.63, 3.8) is 0 Å². The topological polar surface area (TPSA) is 132 Å². The SMILES string of the molecule is COc1cc2c(cc1OC)C1=Cc3cc4c(cc3C(C)N1C=C2)OCO4.O=C(O)CS(=O)(=O)O. The van der Waals surface area contributed by atoms with Gasteiger partial charge in [0.05, 0.1) is 20.3 Å². The van der Waals surface area contributed by atoms with Crippen LogP contribution in [0.2, 0.25) is 0 Å². The van der Waals surface area contributed by atoms with E-state index in [-0.39, 0.29) is 12.8 Å². The van der Waals surface area contributed by atoms with Crippen molar-refractivity contribution in [1.82, 2.24) is 4.90 Å². The number of carbonyl (C=O) groups is 1. The van der Waals surface area contributed by atoms with Gasteiger partial charge >= 0.3 is 5.97 Å². The number of fused-ring (bicyclic) bond motifs is 5. The van der Waals surface area contributed by atoms with Gasteiger partial charge in [0.1, 0.15) is 0 Å². The zero-order chi connectivity index (χ0) is 24.6. The van der Waals surface area contributed by atoms with E-state index in [1.165, 1.54) is 5.56 Å². The second kappa shape index (κ2) is 8.92. The summed E-state index contributed by atoms with van der Waals surface area (Å²) in [4.78, 5) is 11.8. The van der Waals surface area contributed by atoms with Crippen LogP contribution in [0, 0.1) is 0 Å². The Bertz CT molecular complexity index is 1310. The summed E-state index contributed by atoms with van der Waals surface area (Å²) in [5.41, 5.74) is 5.76. The van der Waals surface area contributed by atoms with Gasteiger partial charge in [0.25, 0.3) is 10.1 Å². The van der Waals surface area contributed by atoms with Gasteiger partial charge in [0, 0.05) is 17.5 Å². The highest BCUT2D eigenvalue weighted by molar-refractivity contribution is 7.86. The lowest BCUT2D eigenvalue weighted by Gasteiger charge is -2.38. The summed E-state index contributed by atoms with van der Waals surface area (Å²) in [7, 11) is -1.01. The van der Waals surface area contributed by atoms with Gasteiger partial charge in [-0.3, -0.25) is 9.35 Å². The summed E-state index contributed by atoms with van der Waals surface area (Å²) in [5, 5.41) is 7.71. The maximum Gasteiger partial charge on any atom is 0.321 e. The summed E-state index contributed by atoms with van der Waals surface area (Å²) in [6.45, 7) is 2.48. The Morgan fingerprint density at radius 2 is 1.74 bits per heavy atom. The zero-order valence-electron chi connectivity index (χ0n) is 18.6. The molecule has 2 N–H and O–H groups in total. The number of nitrogens with zero attached hydrogens (tertiary/aromatic N) is 1. The fourth-order valence-corrected chi connectivity index (χ4v) is 4.35. The van der Waals surface area contributed by atoms with Crippen molar-refractivity contribution >= 4 is 33.9 Å². The lowest BCUT2D eigenvalue weighted by atomic mass is 9.89. The normalized spacial score (nSPS) is 16.9. The van der Waals surface area contributed by atoms with Gasteiger partial charge in [-0.2, -0.15) is 8.42 Å². The molecule has 0 radical (unpaired) electrons. The number of benzene rings is 2. The first-order chi connectivity index (χ1) is 16.1. The maximum atomic E-state index is 9.62. The number of aliphatic carboxylic acids is 1. The van der Waals surface area contributed by atoms with Crippen LogP contribution >= 0.6 is 0 Å². The molecule has 0 amide bonds. The van der Waals surface area contributed by atoms with Crippen molar-refractivity contribution in [3.05, 3.63) is 52.7 Å². The molecule has 34 heavy (non-hydrogen) atoms. The number of ether oxygens (including phenoxy) is 4. The van der Waals surface area contributed by atoms with E-state index in [0.29, 0.717) is 0 Å². The Balaban J connectivity index is 0.000000297. The van der Waals surface area contributed by atoms with E-state index in [1.807, 2.05) is 12.1 Å². The molecular weight excluding hydrogens is 466 g/mol. The monoisotopic (exact) mass is 489 g/mol. The summed E-state index contributed by atoms with van der Waals surface area (Å²) in [6, 6.07) is 8.41. The largest absolute Gasteiger partial charge is 0.493 e. The van der Waals surface area contributed by atoms with Crippen molar-refractivity contribution < 1.29 is 41.8 Å². The molecule has 5 rings (SSSR count). The Labute approximate surface area is 196 Å². The Morgan fingerprint density at radius 1 is 1.09 bits per heavy atom. The second-order valence-electron chi connectivity index (χ2n) is 7.68. The van der Waals surface area contributed by atoms with Crippen LogP contribution in [0.15, 0.2) is 30.5 Å². The third-order valence-electron chi connectivity index (χ3n) is 5.57. The van der Waals surface area contributed by atoms with E-state index in [1.54, 1.807) is 14.2 Å². The Hall–Kier alpha value is -3.70. The number of hydrogen-bond acceptors (Lipinski definition) is 8. The highest BCUT2D eigenvalue weighted by Crippen LogP contribution is 2.47. The van der Waals surface area contributed by atoms with E-state index in [9.17, 15) is 13.2 Å². The van der Waals surface area contributed by atoms with Crippen LogP contribution in [0.4, 0.5) is 0 Å². The van der Waals surface area contributed by atoms with Crippen LogP contribution in [0.3, 0.4) is 0 Å². The molecule has 3 aliphatic heterocycles. The number of methoxy groups -OCH3 is 2. The smallest absolute Gasteiger partial charge is 0.321 e. The van der Waals surface area contributed by atoms with Gasteiger partial charge in [-0.25, -0.2) is 0 Å². The van der Waals surface area contributed by atoms with Crippen molar-refractivity contribution in [2.75, 3.05) is 26.8 Å². The summed E-state index contributed by atoms with van der Waals surface area (Å²) in [5.74, 6) is 0.296. The van der Waals surface area contributed by atoms with Crippen LogP contribution in [0.5, 0.6) is 23.0 Å². The Kier molecular flexibility index (Phi) is 6.15. The molecule has 0 fully saturated rings. The molecular formula is C23H23NO9S. The lowest BCUT2D eigenvalue weighted by Crippen LogP contribution is -2.26. The predicted molar refractivity (Wildman–Crippen MR) is 123 cm³/mol. The first kappa shape index (κ1) is 23.5. The van der Waals surface area contributed by atoms with E-state index in [0.717, 1.165) is 45.4 Å². The van der Waals surface area contributed by atoms with Gasteiger partial charge in [-0.15, -0.1) is 0 Å². The first-order valence-corrected chi connectivity index (χ1v) is 11.8. The summed E-state index contributed by atoms with van der Waals surface area (Å²) >= 11 is 0. The van der Waals surface area contributed by atoms with E-state index >= 15 is 0 Å². The molecule has 0 aliphatic carbocycles. The molecule has 11 heteroatoms. The van der Waals surface area contributed by atoms with Crippen molar-refractivity contribution in [1.29, 1.82) is 0 Å². The molecule has 10 nitrogen and oxygen atoms in total. The lowest BCUT2D eigenvalue weighted by molar-refractivity contribution is -0.134. The highest BCUT2D eigenvalue weighted by Gasteiger charge is 2.31. The number of carboxylic acids is 1. The van der Waals surface area contributed by atoms with Gasteiger partial charge in [0.2, 0.25) is 6.79 Å². The minimum atomic E-state index is -4.32. The standard InChI is InChI=1S/C21H19NO4.C2H4O5S/c1-12-15-9-21-20(25-11-26-21)8-14(15)6-17-16-10-19(24-3)18(23-2)7-13(16)4-5-22(12)17;3-2(4)1-8(5,6)7/h4-10,12H,11H2,1-3H3;1H2,(H,3,4)(H,5,6,7). The number of hydrogen-bond donors (Lipinski definition) is 2. The molecule has 1 unspecified atom stereocenters. The molecule has 0 spiro atoms. The zero-order valence-corrected chi connectivity index (χ0v) is 19.5.